The average molecular weight is 534 g/mol. The summed E-state index contributed by atoms with van der Waals surface area (Å²) >= 11 is 1.61. The van der Waals surface area contributed by atoms with Gasteiger partial charge in [-0.2, -0.15) is 0 Å². The zero-order chi connectivity index (χ0) is 25.7. The Hall–Kier alpha value is -2.23. The Bertz CT molecular complexity index is 1170. The van der Waals surface area contributed by atoms with E-state index in [0.29, 0.717) is 25.5 Å². The molecule has 1 saturated heterocycles. The third kappa shape index (κ3) is 6.01. The lowest BCUT2D eigenvalue weighted by Gasteiger charge is -2.36. The zero-order valence-corrected chi connectivity index (χ0v) is 22.6. The van der Waals surface area contributed by atoms with Crippen molar-refractivity contribution in [3.05, 3.63) is 47.5 Å². The van der Waals surface area contributed by atoms with Crippen LogP contribution in [-0.4, -0.2) is 51.6 Å². The van der Waals surface area contributed by atoms with Crippen molar-refractivity contribution >= 4 is 33.4 Å². The first kappa shape index (κ1) is 26.8. The van der Waals surface area contributed by atoms with Crippen molar-refractivity contribution in [3.63, 3.8) is 0 Å². The molecular weight excluding hydrogens is 498 g/mol. The van der Waals surface area contributed by atoms with E-state index in [1.807, 2.05) is 31.4 Å². The van der Waals surface area contributed by atoms with Crippen LogP contribution < -0.4 is 9.04 Å². The number of hydrogen-bond donors (Lipinski definition) is 1. The van der Waals surface area contributed by atoms with Gasteiger partial charge in [0.25, 0.3) is 10.0 Å². The molecule has 0 radical (unpaired) electrons. The molecule has 4 rings (SSSR count). The molecule has 36 heavy (non-hydrogen) atoms. The minimum absolute atomic E-state index is 0.0303. The molecule has 7 nitrogen and oxygen atoms in total. The lowest BCUT2D eigenvalue weighted by atomic mass is 9.95. The fraction of sp³-hybridized carbons (Fsp3) is 0.519. The smallest absolute Gasteiger partial charge is 0.339 e. The number of nitrogens with zero attached hydrogens (tertiary/aromatic N) is 1. The molecule has 0 spiro atoms. The quantitative estimate of drug-likeness (QED) is 0.410. The summed E-state index contributed by atoms with van der Waals surface area (Å²) in [7, 11) is -4.01. The number of aryl methyl sites for hydroxylation is 1. The van der Waals surface area contributed by atoms with E-state index in [9.17, 15) is 18.3 Å². The molecule has 1 N–H and O–H groups in total. The fourth-order valence-corrected chi connectivity index (χ4v) is 7.34. The maximum absolute atomic E-state index is 14.1. The highest BCUT2D eigenvalue weighted by Crippen LogP contribution is 2.37. The van der Waals surface area contributed by atoms with Crippen LogP contribution in [0.5, 0.6) is 5.75 Å². The lowest BCUT2D eigenvalue weighted by Crippen LogP contribution is -2.42. The number of carboxylic acids is 1. The van der Waals surface area contributed by atoms with Crippen molar-refractivity contribution in [1.82, 2.24) is 0 Å². The molecule has 1 aliphatic heterocycles. The lowest BCUT2D eigenvalue weighted by molar-refractivity contribution is 0.0490. The van der Waals surface area contributed by atoms with Crippen molar-refractivity contribution in [2.75, 3.05) is 30.4 Å². The van der Waals surface area contributed by atoms with Gasteiger partial charge < -0.3 is 14.6 Å². The van der Waals surface area contributed by atoms with Crippen molar-refractivity contribution in [1.29, 1.82) is 0 Å². The van der Waals surface area contributed by atoms with Crippen LogP contribution in [0.4, 0.5) is 5.69 Å². The van der Waals surface area contributed by atoms with E-state index < -0.39 is 16.0 Å². The van der Waals surface area contributed by atoms with Crippen molar-refractivity contribution in [2.24, 2.45) is 5.92 Å². The topological polar surface area (TPSA) is 93.1 Å². The number of carbonyl (C=O) groups is 1. The van der Waals surface area contributed by atoms with Crippen LogP contribution in [-0.2, 0) is 14.8 Å². The highest BCUT2D eigenvalue weighted by Gasteiger charge is 2.34. The van der Waals surface area contributed by atoms with Gasteiger partial charge in [0.2, 0.25) is 0 Å². The Kier molecular flexibility index (Phi) is 8.85. The number of sulfonamides is 1. The number of thioether (sulfide) groups is 1. The SMILES string of the molecule is CSc1ccc(N(C2CCCCC2)S(=O)(=O)c2ccc(OCC3CCOCC3)c(C(=O)O)c2)c(C)c1. The van der Waals surface area contributed by atoms with Crippen LogP contribution in [0.1, 0.15) is 60.9 Å². The number of hydrogen-bond acceptors (Lipinski definition) is 6. The summed E-state index contributed by atoms with van der Waals surface area (Å²) in [6.07, 6.45) is 8.30. The fourth-order valence-electron chi connectivity index (χ4n) is 5.04. The summed E-state index contributed by atoms with van der Waals surface area (Å²) in [6.45, 7) is 3.65. The Labute approximate surface area is 218 Å². The number of ether oxygens (including phenoxy) is 2. The molecule has 0 atom stereocenters. The molecule has 2 aliphatic rings. The molecule has 0 amide bonds. The number of rotatable bonds is 9. The van der Waals surface area contributed by atoms with E-state index in [4.69, 9.17) is 9.47 Å². The first-order chi connectivity index (χ1) is 17.3. The van der Waals surface area contributed by atoms with Crippen molar-refractivity contribution in [2.45, 2.75) is 67.7 Å². The van der Waals surface area contributed by atoms with Gasteiger partial charge in [0, 0.05) is 24.2 Å². The Balaban J connectivity index is 1.69. The van der Waals surface area contributed by atoms with E-state index in [0.717, 1.165) is 55.4 Å². The summed E-state index contributed by atoms with van der Waals surface area (Å²) in [5.41, 5.74) is 1.39. The van der Waals surface area contributed by atoms with E-state index in [1.54, 1.807) is 11.8 Å². The molecule has 2 aromatic carbocycles. The molecule has 0 aromatic heterocycles. The molecule has 0 unspecified atom stereocenters. The average Bonchev–Trinajstić information content (AvgIpc) is 2.89. The third-order valence-electron chi connectivity index (χ3n) is 7.10. The molecule has 1 heterocycles. The van der Waals surface area contributed by atoms with Gasteiger partial charge in [0.1, 0.15) is 11.3 Å². The van der Waals surface area contributed by atoms with Gasteiger partial charge in [-0.25, -0.2) is 13.2 Å². The van der Waals surface area contributed by atoms with Gasteiger partial charge in [-0.3, -0.25) is 4.31 Å². The van der Waals surface area contributed by atoms with Crippen LogP contribution >= 0.6 is 11.8 Å². The van der Waals surface area contributed by atoms with Crippen LogP contribution in [0.15, 0.2) is 46.2 Å². The summed E-state index contributed by atoms with van der Waals surface area (Å²) in [6, 6.07) is 9.85. The number of benzene rings is 2. The van der Waals surface area contributed by atoms with Gasteiger partial charge in [-0.1, -0.05) is 19.3 Å². The van der Waals surface area contributed by atoms with Crippen molar-refractivity contribution < 1.29 is 27.8 Å². The molecule has 1 aliphatic carbocycles. The molecule has 1 saturated carbocycles. The van der Waals surface area contributed by atoms with Gasteiger partial charge in [0.15, 0.2) is 0 Å². The Morgan fingerprint density at radius 3 is 2.44 bits per heavy atom. The first-order valence-corrected chi connectivity index (χ1v) is 15.2. The first-order valence-electron chi connectivity index (χ1n) is 12.6. The van der Waals surface area contributed by atoms with Gasteiger partial charge in [0.05, 0.1) is 17.2 Å². The third-order valence-corrected chi connectivity index (χ3v) is 9.69. The normalized spacial score (nSPS) is 17.6. The molecular formula is C27H35NO6S2. The highest BCUT2D eigenvalue weighted by atomic mass is 32.2. The van der Waals surface area contributed by atoms with Gasteiger partial charge in [-0.05, 0) is 86.7 Å². The van der Waals surface area contributed by atoms with E-state index >= 15 is 0 Å². The van der Waals surface area contributed by atoms with Gasteiger partial charge >= 0.3 is 5.97 Å². The van der Waals surface area contributed by atoms with E-state index in [2.05, 4.69) is 0 Å². The standard InChI is InChI=1S/C27H35NO6S2/c1-19-16-22(35-2)8-10-25(19)28(21-6-4-3-5-7-21)36(31,32)23-9-11-26(24(17-23)27(29)30)34-18-20-12-14-33-15-13-20/h8-11,16-17,20-21H,3-7,12-15,18H2,1-2H3,(H,29,30). The number of anilines is 1. The maximum Gasteiger partial charge on any atom is 0.339 e. The second-order valence-corrected chi connectivity index (χ2v) is 12.3. The predicted octanol–water partition coefficient (Wildman–Crippen LogP) is 5.75. The number of carboxylic acid groups (broad SMARTS) is 1. The summed E-state index contributed by atoms with van der Waals surface area (Å²) < 4.78 is 41.0. The zero-order valence-electron chi connectivity index (χ0n) is 20.9. The van der Waals surface area contributed by atoms with Crippen LogP contribution in [0, 0.1) is 12.8 Å². The Morgan fingerprint density at radius 1 is 1.08 bits per heavy atom. The van der Waals surface area contributed by atoms with Gasteiger partial charge in [-0.15, -0.1) is 11.8 Å². The second-order valence-electron chi connectivity index (χ2n) is 9.57. The van der Waals surface area contributed by atoms with E-state index in [1.165, 1.54) is 22.5 Å². The molecule has 196 valence electrons. The molecule has 0 bridgehead atoms. The summed E-state index contributed by atoms with van der Waals surface area (Å²) in [5, 5.41) is 9.89. The minimum atomic E-state index is -4.01. The highest BCUT2D eigenvalue weighted by molar-refractivity contribution is 7.98. The predicted molar refractivity (Wildman–Crippen MR) is 142 cm³/mol. The molecule has 2 aromatic rings. The van der Waals surface area contributed by atoms with Crippen LogP contribution in [0.3, 0.4) is 0 Å². The monoisotopic (exact) mass is 533 g/mol. The Morgan fingerprint density at radius 2 is 1.81 bits per heavy atom. The summed E-state index contributed by atoms with van der Waals surface area (Å²) in [5.74, 6) is -0.728. The maximum atomic E-state index is 14.1. The van der Waals surface area contributed by atoms with Crippen LogP contribution in [0.25, 0.3) is 0 Å². The largest absolute Gasteiger partial charge is 0.492 e. The molecule has 2 fully saturated rings. The minimum Gasteiger partial charge on any atom is -0.492 e. The second kappa shape index (κ2) is 11.9. The van der Waals surface area contributed by atoms with Crippen molar-refractivity contribution in [3.8, 4) is 5.75 Å². The van der Waals surface area contributed by atoms with E-state index in [-0.39, 0.29) is 28.2 Å². The van der Waals surface area contributed by atoms with Crippen LogP contribution in [0.2, 0.25) is 0 Å². The number of aromatic carboxylic acids is 1. The molecule has 9 heteroatoms. The summed E-state index contributed by atoms with van der Waals surface area (Å²) in [4.78, 5) is 13.1.